The van der Waals surface area contributed by atoms with Gasteiger partial charge in [0.15, 0.2) is 0 Å². The summed E-state index contributed by atoms with van der Waals surface area (Å²) in [6, 6.07) is 19.9. The van der Waals surface area contributed by atoms with Crippen LogP contribution in [0.3, 0.4) is 0 Å². The molecule has 2 aromatic carbocycles. The SMILES string of the molecule is COC(=O)c1cccc(Nc2cc(C(=O)NCc3ccccc3)ccn2)c1. The number of hydrogen-bond donors (Lipinski definition) is 2. The number of methoxy groups -OCH3 is 1. The van der Waals surface area contributed by atoms with Crippen LogP contribution in [-0.2, 0) is 11.3 Å². The highest BCUT2D eigenvalue weighted by atomic mass is 16.5. The van der Waals surface area contributed by atoms with Crippen LogP contribution >= 0.6 is 0 Å². The van der Waals surface area contributed by atoms with Gasteiger partial charge in [-0.05, 0) is 35.9 Å². The number of carbonyl (C=O) groups excluding carboxylic acids is 2. The van der Waals surface area contributed by atoms with E-state index >= 15 is 0 Å². The molecule has 0 saturated heterocycles. The Morgan fingerprint density at radius 3 is 2.56 bits per heavy atom. The first-order valence-electron chi connectivity index (χ1n) is 8.39. The minimum absolute atomic E-state index is 0.187. The number of esters is 1. The molecule has 0 aliphatic rings. The number of nitrogens with zero attached hydrogens (tertiary/aromatic N) is 1. The third-order valence-electron chi connectivity index (χ3n) is 3.87. The summed E-state index contributed by atoms with van der Waals surface area (Å²) in [5.41, 5.74) is 2.62. The maximum atomic E-state index is 12.4. The Labute approximate surface area is 157 Å². The third kappa shape index (κ3) is 4.92. The fourth-order valence-electron chi connectivity index (χ4n) is 2.51. The number of nitrogens with one attached hydrogen (secondary N) is 2. The van der Waals surface area contributed by atoms with E-state index in [0.717, 1.165) is 5.56 Å². The second-order valence-corrected chi connectivity index (χ2v) is 5.80. The van der Waals surface area contributed by atoms with Crippen LogP contribution in [0.25, 0.3) is 0 Å². The van der Waals surface area contributed by atoms with E-state index < -0.39 is 5.97 Å². The molecule has 0 spiro atoms. The second kappa shape index (κ2) is 8.62. The van der Waals surface area contributed by atoms with Crippen LogP contribution < -0.4 is 10.6 Å². The first-order chi connectivity index (χ1) is 13.2. The molecule has 0 atom stereocenters. The first kappa shape index (κ1) is 18.1. The smallest absolute Gasteiger partial charge is 0.337 e. The lowest BCUT2D eigenvalue weighted by Gasteiger charge is -2.09. The molecule has 3 rings (SSSR count). The highest BCUT2D eigenvalue weighted by Gasteiger charge is 2.09. The highest BCUT2D eigenvalue weighted by molar-refractivity contribution is 5.95. The van der Waals surface area contributed by atoms with E-state index in [1.54, 1.807) is 42.6 Å². The summed E-state index contributed by atoms with van der Waals surface area (Å²) >= 11 is 0. The van der Waals surface area contributed by atoms with Gasteiger partial charge >= 0.3 is 5.97 Å². The van der Waals surface area contributed by atoms with Gasteiger partial charge in [-0.25, -0.2) is 9.78 Å². The molecule has 2 N–H and O–H groups in total. The van der Waals surface area contributed by atoms with Crippen molar-refractivity contribution in [3.8, 4) is 0 Å². The average Bonchev–Trinajstić information content (AvgIpc) is 2.72. The Bertz CT molecular complexity index is 942. The molecule has 0 fully saturated rings. The number of anilines is 2. The molecule has 0 radical (unpaired) electrons. The van der Waals surface area contributed by atoms with Gasteiger partial charge in [-0.15, -0.1) is 0 Å². The van der Waals surface area contributed by atoms with Gasteiger partial charge in [0.1, 0.15) is 5.82 Å². The molecule has 6 nitrogen and oxygen atoms in total. The lowest BCUT2D eigenvalue weighted by Crippen LogP contribution is -2.22. The van der Waals surface area contributed by atoms with Crippen molar-refractivity contribution in [2.75, 3.05) is 12.4 Å². The maximum absolute atomic E-state index is 12.4. The summed E-state index contributed by atoms with van der Waals surface area (Å²) in [5.74, 6) is -0.0994. The number of ether oxygens (including phenoxy) is 1. The van der Waals surface area contributed by atoms with Crippen molar-refractivity contribution >= 4 is 23.4 Å². The molecule has 1 amide bonds. The number of hydrogen-bond acceptors (Lipinski definition) is 5. The van der Waals surface area contributed by atoms with Crippen LogP contribution in [0.15, 0.2) is 72.9 Å². The summed E-state index contributed by atoms with van der Waals surface area (Å²) in [4.78, 5) is 28.2. The van der Waals surface area contributed by atoms with Crippen molar-refractivity contribution in [1.29, 1.82) is 0 Å². The summed E-state index contributed by atoms with van der Waals surface area (Å²) in [7, 11) is 1.33. The van der Waals surface area contributed by atoms with E-state index in [9.17, 15) is 9.59 Å². The lowest BCUT2D eigenvalue weighted by atomic mass is 10.2. The molecule has 6 heteroatoms. The number of pyridine rings is 1. The number of rotatable bonds is 6. The van der Waals surface area contributed by atoms with E-state index in [1.165, 1.54) is 7.11 Å². The van der Waals surface area contributed by atoms with Gasteiger partial charge in [0, 0.05) is 24.0 Å². The monoisotopic (exact) mass is 361 g/mol. The third-order valence-corrected chi connectivity index (χ3v) is 3.87. The van der Waals surface area contributed by atoms with E-state index in [-0.39, 0.29) is 5.91 Å². The molecular formula is C21H19N3O3. The van der Waals surface area contributed by atoms with Gasteiger partial charge in [0.05, 0.1) is 12.7 Å². The Balaban J connectivity index is 1.68. The Morgan fingerprint density at radius 1 is 0.963 bits per heavy atom. The largest absolute Gasteiger partial charge is 0.465 e. The molecule has 3 aromatic rings. The van der Waals surface area contributed by atoms with Crippen LogP contribution in [0.1, 0.15) is 26.3 Å². The predicted octanol–water partition coefficient (Wildman–Crippen LogP) is 3.54. The number of carbonyl (C=O) groups is 2. The van der Waals surface area contributed by atoms with Gasteiger partial charge < -0.3 is 15.4 Å². The normalized spacial score (nSPS) is 10.1. The average molecular weight is 361 g/mol. The summed E-state index contributed by atoms with van der Waals surface area (Å²) in [6.45, 7) is 0.450. The zero-order valence-corrected chi connectivity index (χ0v) is 14.8. The Hall–Kier alpha value is -3.67. The van der Waals surface area contributed by atoms with Crippen molar-refractivity contribution in [3.63, 3.8) is 0 Å². The zero-order valence-electron chi connectivity index (χ0n) is 14.8. The molecule has 0 aliphatic carbocycles. The minimum atomic E-state index is -0.416. The quantitative estimate of drug-likeness (QED) is 0.657. The summed E-state index contributed by atoms with van der Waals surface area (Å²) in [5, 5.41) is 5.98. The number of benzene rings is 2. The molecule has 0 saturated carbocycles. The van der Waals surface area contributed by atoms with Gasteiger partial charge in [-0.2, -0.15) is 0 Å². The number of aromatic nitrogens is 1. The van der Waals surface area contributed by atoms with Crippen molar-refractivity contribution < 1.29 is 14.3 Å². The van der Waals surface area contributed by atoms with Crippen LogP contribution in [0.2, 0.25) is 0 Å². The van der Waals surface area contributed by atoms with E-state index in [0.29, 0.717) is 29.2 Å². The van der Waals surface area contributed by atoms with Crippen molar-refractivity contribution in [2.45, 2.75) is 6.54 Å². The van der Waals surface area contributed by atoms with Gasteiger partial charge in [0.25, 0.3) is 5.91 Å². The summed E-state index contributed by atoms with van der Waals surface area (Å²) in [6.07, 6.45) is 1.56. The number of amides is 1. The molecular weight excluding hydrogens is 342 g/mol. The minimum Gasteiger partial charge on any atom is -0.465 e. The molecule has 0 aliphatic heterocycles. The fraction of sp³-hybridized carbons (Fsp3) is 0.0952. The van der Waals surface area contributed by atoms with Crippen LogP contribution in [0.5, 0.6) is 0 Å². The van der Waals surface area contributed by atoms with Gasteiger partial charge in [-0.3, -0.25) is 4.79 Å². The van der Waals surface area contributed by atoms with Crippen LogP contribution in [-0.4, -0.2) is 24.0 Å². The Morgan fingerprint density at radius 2 is 1.78 bits per heavy atom. The molecule has 1 heterocycles. The van der Waals surface area contributed by atoms with Gasteiger partial charge in [-0.1, -0.05) is 36.4 Å². The van der Waals surface area contributed by atoms with Crippen molar-refractivity contribution in [1.82, 2.24) is 10.3 Å². The standard InChI is InChI=1S/C21H19N3O3/c1-27-21(26)17-8-5-9-18(12-17)24-19-13-16(10-11-22-19)20(25)23-14-15-6-3-2-4-7-15/h2-13H,14H2,1H3,(H,22,24)(H,23,25). The topological polar surface area (TPSA) is 80.3 Å². The lowest BCUT2D eigenvalue weighted by molar-refractivity contribution is 0.0600. The second-order valence-electron chi connectivity index (χ2n) is 5.80. The van der Waals surface area contributed by atoms with E-state index in [2.05, 4.69) is 15.6 Å². The Kier molecular flexibility index (Phi) is 5.79. The van der Waals surface area contributed by atoms with Crippen LogP contribution in [0.4, 0.5) is 11.5 Å². The van der Waals surface area contributed by atoms with Crippen LogP contribution in [0, 0.1) is 0 Å². The van der Waals surface area contributed by atoms with Gasteiger partial charge in [0.2, 0.25) is 0 Å². The van der Waals surface area contributed by atoms with E-state index in [4.69, 9.17) is 4.74 Å². The molecule has 136 valence electrons. The fourth-order valence-corrected chi connectivity index (χ4v) is 2.51. The van der Waals surface area contributed by atoms with E-state index in [1.807, 2.05) is 30.3 Å². The maximum Gasteiger partial charge on any atom is 0.337 e. The van der Waals surface area contributed by atoms with Crippen molar-refractivity contribution in [2.24, 2.45) is 0 Å². The zero-order chi connectivity index (χ0) is 19.1. The predicted molar refractivity (Wildman–Crippen MR) is 103 cm³/mol. The summed E-state index contributed by atoms with van der Waals surface area (Å²) < 4.78 is 4.72. The van der Waals surface area contributed by atoms with Crippen molar-refractivity contribution in [3.05, 3.63) is 89.6 Å². The molecule has 0 unspecified atom stereocenters. The molecule has 1 aromatic heterocycles. The molecule has 27 heavy (non-hydrogen) atoms. The first-order valence-corrected chi connectivity index (χ1v) is 8.39. The molecule has 0 bridgehead atoms. The highest BCUT2D eigenvalue weighted by Crippen LogP contribution is 2.17.